The molecule has 0 aliphatic rings. The zero-order valence-electron chi connectivity index (χ0n) is 16.3. The molecule has 1 aromatic carbocycles. The number of nitrogens with zero attached hydrogens (tertiary/aromatic N) is 4. The van der Waals surface area contributed by atoms with E-state index < -0.39 is 17.8 Å². The average molecular weight is 392 g/mol. The quantitative estimate of drug-likeness (QED) is 0.623. The average Bonchev–Trinajstić information content (AvgIpc) is 3.05. The van der Waals surface area contributed by atoms with E-state index in [-0.39, 0.29) is 18.2 Å². The Kier molecular flexibility index (Phi) is 7.62. The summed E-state index contributed by atoms with van der Waals surface area (Å²) in [7, 11) is 0. The third-order valence-electron chi connectivity index (χ3n) is 4.16. The molecule has 0 saturated carbocycles. The number of hydrogen-bond acceptors (Lipinski definition) is 5. The fraction of sp³-hybridized carbons (Fsp3) is 0.474. The van der Waals surface area contributed by atoms with Crippen molar-refractivity contribution < 1.29 is 23.8 Å². The van der Waals surface area contributed by atoms with E-state index in [0.717, 1.165) is 0 Å². The molecule has 28 heavy (non-hydrogen) atoms. The number of carbonyl (C=O) groups is 2. The number of aromatic nitrogens is 3. The smallest absolute Gasteiger partial charge is 0.308 e. The predicted molar refractivity (Wildman–Crippen MR) is 99.9 cm³/mol. The van der Waals surface area contributed by atoms with Gasteiger partial charge in [-0.2, -0.15) is 0 Å². The van der Waals surface area contributed by atoms with Crippen LogP contribution in [0.25, 0.3) is 5.69 Å². The molecule has 9 heteroatoms. The molecule has 2 aromatic rings. The molecule has 0 bridgehead atoms. The SMILES string of the molecule is CCOCCCN(CC(C)C(=O)O)C(=O)c1nc(C)n(-c2ccc(F)cc2)n1. The molecular weight excluding hydrogens is 367 g/mol. The Morgan fingerprint density at radius 1 is 1.32 bits per heavy atom. The first kappa shape index (κ1) is 21.5. The molecule has 0 saturated heterocycles. The Bertz CT molecular complexity index is 807. The number of halogens is 1. The van der Waals surface area contributed by atoms with Crippen molar-refractivity contribution in [2.45, 2.75) is 27.2 Å². The van der Waals surface area contributed by atoms with Gasteiger partial charge < -0.3 is 14.7 Å². The van der Waals surface area contributed by atoms with E-state index in [1.807, 2.05) is 6.92 Å². The minimum absolute atomic E-state index is 0.0316. The lowest BCUT2D eigenvalue weighted by Crippen LogP contribution is -2.38. The van der Waals surface area contributed by atoms with Gasteiger partial charge in [0.1, 0.15) is 11.6 Å². The lowest BCUT2D eigenvalue weighted by atomic mass is 10.1. The molecule has 0 radical (unpaired) electrons. The van der Waals surface area contributed by atoms with E-state index in [1.165, 1.54) is 33.8 Å². The minimum Gasteiger partial charge on any atom is -0.481 e. The normalized spacial score (nSPS) is 12.0. The molecule has 1 N–H and O–H groups in total. The minimum atomic E-state index is -0.983. The summed E-state index contributed by atoms with van der Waals surface area (Å²) < 4.78 is 19.9. The van der Waals surface area contributed by atoms with Crippen LogP contribution < -0.4 is 0 Å². The van der Waals surface area contributed by atoms with Gasteiger partial charge in [0, 0.05) is 26.3 Å². The molecule has 0 spiro atoms. The largest absolute Gasteiger partial charge is 0.481 e. The van der Waals surface area contributed by atoms with Crippen molar-refractivity contribution in [3.05, 3.63) is 41.7 Å². The van der Waals surface area contributed by atoms with Gasteiger partial charge in [-0.05, 0) is 44.5 Å². The van der Waals surface area contributed by atoms with E-state index in [1.54, 1.807) is 13.8 Å². The second-order valence-electron chi connectivity index (χ2n) is 6.41. The number of carboxylic acid groups (broad SMARTS) is 1. The van der Waals surface area contributed by atoms with Gasteiger partial charge in [0.15, 0.2) is 0 Å². The van der Waals surface area contributed by atoms with Crippen LogP contribution in [0.4, 0.5) is 4.39 Å². The first-order chi connectivity index (χ1) is 13.3. The number of aryl methyl sites for hydroxylation is 1. The summed E-state index contributed by atoms with van der Waals surface area (Å²) in [6.45, 7) is 6.53. The molecule has 1 aromatic heterocycles. The molecular formula is C19H25FN4O4. The third kappa shape index (κ3) is 5.59. The first-order valence-electron chi connectivity index (χ1n) is 9.13. The Morgan fingerprint density at radius 2 is 2.00 bits per heavy atom. The fourth-order valence-electron chi connectivity index (χ4n) is 2.64. The molecule has 2 rings (SSSR count). The Morgan fingerprint density at radius 3 is 2.61 bits per heavy atom. The van der Waals surface area contributed by atoms with Gasteiger partial charge in [0.25, 0.3) is 5.91 Å². The summed E-state index contributed by atoms with van der Waals surface area (Å²) in [5.74, 6) is -2.10. The topological polar surface area (TPSA) is 97.5 Å². The zero-order valence-corrected chi connectivity index (χ0v) is 16.3. The summed E-state index contributed by atoms with van der Waals surface area (Å²) in [5, 5.41) is 13.4. The van der Waals surface area contributed by atoms with Gasteiger partial charge in [-0.3, -0.25) is 9.59 Å². The number of benzene rings is 1. The van der Waals surface area contributed by atoms with Crippen LogP contribution in [-0.4, -0.2) is 63.0 Å². The molecule has 0 fully saturated rings. The summed E-state index contributed by atoms with van der Waals surface area (Å²) >= 11 is 0. The van der Waals surface area contributed by atoms with Crippen LogP contribution >= 0.6 is 0 Å². The second-order valence-corrected chi connectivity index (χ2v) is 6.41. The molecule has 152 valence electrons. The van der Waals surface area contributed by atoms with E-state index >= 15 is 0 Å². The highest BCUT2D eigenvalue weighted by molar-refractivity contribution is 5.90. The van der Waals surface area contributed by atoms with E-state index in [0.29, 0.717) is 37.7 Å². The highest BCUT2D eigenvalue weighted by Crippen LogP contribution is 2.13. The number of aliphatic carboxylic acids is 1. The molecule has 1 amide bonds. The summed E-state index contributed by atoms with van der Waals surface area (Å²) in [4.78, 5) is 29.8. The Labute approximate surface area is 162 Å². The Hall–Kier alpha value is -2.81. The van der Waals surface area contributed by atoms with Crippen molar-refractivity contribution in [3.8, 4) is 5.69 Å². The first-order valence-corrected chi connectivity index (χ1v) is 9.13. The van der Waals surface area contributed by atoms with Crippen LogP contribution in [-0.2, 0) is 9.53 Å². The van der Waals surface area contributed by atoms with E-state index in [9.17, 15) is 19.1 Å². The van der Waals surface area contributed by atoms with Crippen molar-refractivity contribution in [3.63, 3.8) is 0 Å². The molecule has 0 aliphatic heterocycles. The number of amides is 1. The van der Waals surface area contributed by atoms with Crippen LogP contribution in [0.2, 0.25) is 0 Å². The fourth-order valence-corrected chi connectivity index (χ4v) is 2.64. The van der Waals surface area contributed by atoms with Crippen LogP contribution in [0.3, 0.4) is 0 Å². The maximum Gasteiger partial charge on any atom is 0.308 e. The Balaban J connectivity index is 2.21. The molecule has 0 aliphatic carbocycles. The van der Waals surface area contributed by atoms with Crippen LogP contribution in [0.5, 0.6) is 0 Å². The van der Waals surface area contributed by atoms with Gasteiger partial charge in [-0.25, -0.2) is 14.1 Å². The second kappa shape index (κ2) is 9.93. The molecule has 1 unspecified atom stereocenters. The van der Waals surface area contributed by atoms with Crippen LogP contribution in [0, 0.1) is 18.7 Å². The van der Waals surface area contributed by atoms with Gasteiger partial charge in [0.2, 0.25) is 5.82 Å². The standard InChI is InChI=1S/C19H25FN4O4/c1-4-28-11-5-10-23(12-13(2)19(26)27)18(25)17-21-14(3)24(22-17)16-8-6-15(20)7-9-16/h6-9,13H,4-5,10-12H2,1-3H3,(H,26,27). The third-order valence-corrected chi connectivity index (χ3v) is 4.16. The number of hydrogen-bond donors (Lipinski definition) is 1. The van der Waals surface area contributed by atoms with Gasteiger partial charge in [0.05, 0.1) is 11.6 Å². The van der Waals surface area contributed by atoms with Crippen molar-refractivity contribution in [1.82, 2.24) is 19.7 Å². The monoisotopic (exact) mass is 392 g/mol. The highest BCUT2D eigenvalue weighted by atomic mass is 19.1. The highest BCUT2D eigenvalue weighted by Gasteiger charge is 2.25. The van der Waals surface area contributed by atoms with Crippen molar-refractivity contribution in [2.75, 3.05) is 26.3 Å². The van der Waals surface area contributed by atoms with Crippen LogP contribution in [0.15, 0.2) is 24.3 Å². The lowest BCUT2D eigenvalue weighted by Gasteiger charge is -2.23. The lowest BCUT2D eigenvalue weighted by molar-refractivity contribution is -0.141. The molecule has 1 atom stereocenters. The molecule has 8 nitrogen and oxygen atoms in total. The van der Waals surface area contributed by atoms with Crippen molar-refractivity contribution >= 4 is 11.9 Å². The molecule has 1 heterocycles. The number of carboxylic acids is 1. The van der Waals surface area contributed by atoms with E-state index in [2.05, 4.69) is 10.1 Å². The van der Waals surface area contributed by atoms with Crippen molar-refractivity contribution in [1.29, 1.82) is 0 Å². The maximum absolute atomic E-state index is 13.1. The number of ether oxygens (including phenoxy) is 1. The number of carbonyl (C=O) groups excluding carboxylic acids is 1. The summed E-state index contributed by atoms with van der Waals surface area (Å²) in [6, 6.07) is 5.67. The van der Waals surface area contributed by atoms with Crippen LogP contribution in [0.1, 0.15) is 36.7 Å². The predicted octanol–water partition coefficient (Wildman–Crippen LogP) is 2.30. The maximum atomic E-state index is 13.1. The zero-order chi connectivity index (χ0) is 20.7. The van der Waals surface area contributed by atoms with E-state index in [4.69, 9.17) is 4.74 Å². The summed E-state index contributed by atoms with van der Waals surface area (Å²) in [5.41, 5.74) is 0.576. The van der Waals surface area contributed by atoms with Gasteiger partial charge >= 0.3 is 5.97 Å². The van der Waals surface area contributed by atoms with Gasteiger partial charge in [-0.1, -0.05) is 6.92 Å². The van der Waals surface area contributed by atoms with Gasteiger partial charge in [-0.15, -0.1) is 5.10 Å². The number of rotatable bonds is 10. The van der Waals surface area contributed by atoms with Crippen molar-refractivity contribution in [2.24, 2.45) is 5.92 Å². The summed E-state index contributed by atoms with van der Waals surface area (Å²) in [6.07, 6.45) is 0.573.